The summed E-state index contributed by atoms with van der Waals surface area (Å²) in [7, 11) is 0. The smallest absolute Gasteiger partial charge is 0.326 e. The van der Waals surface area contributed by atoms with Crippen molar-refractivity contribution in [1.82, 2.24) is 0 Å². The first kappa shape index (κ1) is 18.8. The van der Waals surface area contributed by atoms with Crippen LogP contribution >= 0.6 is 0 Å². The summed E-state index contributed by atoms with van der Waals surface area (Å²) < 4.78 is 10.2. The Kier molecular flexibility index (Phi) is 5.49. The van der Waals surface area contributed by atoms with Gasteiger partial charge in [-0.15, -0.1) is 0 Å². The van der Waals surface area contributed by atoms with E-state index in [4.69, 9.17) is 9.47 Å². The summed E-state index contributed by atoms with van der Waals surface area (Å²) in [4.78, 5) is 47.5. The molecule has 0 saturated carbocycles. The van der Waals surface area contributed by atoms with Crippen LogP contribution in [0.1, 0.15) is 0 Å². The number of para-hydroxylation sites is 4. The predicted octanol–water partition coefficient (Wildman–Crippen LogP) is 1.50. The van der Waals surface area contributed by atoms with Crippen LogP contribution in [0.3, 0.4) is 0 Å². The number of esters is 1. The highest BCUT2D eigenvalue weighted by Gasteiger charge is 2.27. The molecule has 10 nitrogen and oxygen atoms in total. The molecule has 28 heavy (non-hydrogen) atoms. The van der Waals surface area contributed by atoms with E-state index in [0.717, 1.165) is 0 Å². The van der Waals surface area contributed by atoms with E-state index in [2.05, 4.69) is 5.32 Å². The summed E-state index contributed by atoms with van der Waals surface area (Å²) in [5.41, 5.74) is 0.142. The molecule has 0 fully saturated rings. The summed E-state index contributed by atoms with van der Waals surface area (Å²) in [5.74, 6) is -1.50. The lowest BCUT2D eigenvalue weighted by Crippen LogP contribution is -2.42. The highest BCUT2D eigenvalue weighted by atomic mass is 16.6. The van der Waals surface area contributed by atoms with Crippen LogP contribution in [0.25, 0.3) is 0 Å². The molecule has 0 bridgehead atoms. The molecule has 0 aliphatic carbocycles. The molecule has 0 radical (unpaired) electrons. The molecule has 2 aromatic rings. The number of rotatable bonds is 6. The third-order valence-electron chi connectivity index (χ3n) is 3.83. The minimum Gasteiger partial charge on any atom is -0.482 e. The molecule has 1 aliphatic heterocycles. The third-order valence-corrected chi connectivity index (χ3v) is 3.83. The van der Waals surface area contributed by atoms with Gasteiger partial charge < -0.3 is 14.8 Å². The van der Waals surface area contributed by atoms with Crippen LogP contribution in [0.15, 0.2) is 48.5 Å². The molecule has 2 amide bonds. The van der Waals surface area contributed by atoms with E-state index >= 15 is 0 Å². The van der Waals surface area contributed by atoms with Crippen LogP contribution in [-0.2, 0) is 19.1 Å². The standard InChI is InChI=1S/C18H15N3O7/c22-16(19-12-5-1-2-6-13(12)21(25)26)10-28-18(24)9-20-14-7-3-4-8-15(14)27-11-17(20)23/h1-8H,9-11H2,(H,19,22). The molecule has 0 spiro atoms. The Balaban J connectivity index is 1.57. The van der Waals surface area contributed by atoms with E-state index in [0.29, 0.717) is 11.4 Å². The Bertz CT molecular complexity index is 944. The molecular formula is C18H15N3O7. The number of carbonyl (C=O) groups is 3. The van der Waals surface area contributed by atoms with Crippen molar-refractivity contribution in [3.63, 3.8) is 0 Å². The average Bonchev–Trinajstić information content (AvgIpc) is 2.69. The SMILES string of the molecule is O=C(COC(=O)CN1C(=O)COc2ccccc21)Nc1ccccc1[N+](=O)[O-]. The molecule has 144 valence electrons. The van der Waals surface area contributed by atoms with Crippen molar-refractivity contribution >= 4 is 34.8 Å². The first-order chi connectivity index (χ1) is 13.5. The summed E-state index contributed by atoms with van der Waals surface area (Å²) >= 11 is 0. The zero-order valence-corrected chi connectivity index (χ0v) is 14.5. The molecule has 0 unspecified atom stereocenters. The fourth-order valence-electron chi connectivity index (χ4n) is 2.57. The van der Waals surface area contributed by atoms with Crippen molar-refractivity contribution in [2.75, 3.05) is 30.0 Å². The maximum atomic E-state index is 12.1. The molecule has 0 atom stereocenters. The summed E-state index contributed by atoms with van der Waals surface area (Å²) in [5, 5.41) is 13.3. The number of hydrogen-bond donors (Lipinski definition) is 1. The van der Waals surface area contributed by atoms with Crippen molar-refractivity contribution in [1.29, 1.82) is 0 Å². The van der Waals surface area contributed by atoms with Gasteiger partial charge in [0.25, 0.3) is 17.5 Å². The van der Waals surface area contributed by atoms with Crippen molar-refractivity contribution in [2.24, 2.45) is 0 Å². The Morgan fingerprint density at radius 3 is 2.68 bits per heavy atom. The highest BCUT2D eigenvalue weighted by molar-refractivity contribution is 6.01. The fourth-order valence-corrected chi connectivity index (χ4v) is 2.57. The maximum Gasteiger partial charge on any atom is 0.326 e. The quantitative estimate of drug-likeness (QED) is 0.453. The van der Waals surface area contributed by atoms with Gasteiger partial charge in [0.1, 0.15) is 18.0 Å². The van der Waals surface area contributed by atoms with Gasteiger partial charge in [-0.1, -0.05) is 24.3 Å². The lowest BCUT2D eigenvalue weighted by Gasteiger charge is -2.28. The number of nitro groups is 1. The van der Waals surface area contributed by atoms with Crippen LogP contribution in [0.4, 0.5) is 17.1 Å². The van der Waals surface area contributed by atoms with Crippen LogP contribution in [-0.4, -0.2) is 42.5 Å². The lowest BCUT2D eigenvalue weighted by atomic mass is 10.2. The molecule has 2 aromatic carbocycles. The molecule has 1 heterocycles. The Labute approximate surface area is 158 Å². The molecule has 3 rings (SSSR count). The van der Waals surface area contributed by atoms with Crippen LogP contribution in [0, 0.1) is 10.1 Å². The number of benzene rings is 2. The number of ether oxygens (including phenoxy) is 2. The number of nitrogens with zero attached hydrogens (tertiary/aromatic N) is 2. The van der Waals surface area contributed by atoms with E-state index in [-0.39, 0.29) is 18.0 Å². The van der Waals surface area contributed by atoms with Crippen LogP contribution < -0.4 is 15.0 Å². The molecule has 10 heteroatoms. The predicted molar refractivity (Wildman–Crippen MR) is 97.0 cm³/mol. The van der Waals surface area contributed by atoms with Crippen molar-refractivity contribution < 1.29 is 28.8 Å². The zero-order valence-electron chi connectivity index (χ0n) is 14.5. The van der Waals surface area contributed by atoms with Gasteiger partial charge in [0.2, 0.25) is 0 Å². The van der Waals surface area contributed by atoms with Crippen LogP contribution in [0.5, 0.6) is 5.75 Å². The van der Waals surface area contributed by atoms with Gasteiger partial charge in [0, 0.05) is 6.07 Å². The number of nitrogens with one attached hydrogen (secondary N) is 1. The first-order valence-corrected chi connectivity index (χ1v) is 8.17. The van der Waals surface area contributed by atoms with Gasteiger partial charge in [0.05, 0.1) is 10.6 Å². The molecular weight excluding hydrogens is 370 g/mol. The van der Waals surface area contributed by atoms with Crippen molar-refractivity contribution in [3.8, 4) is 5.75 Å². The highest BCUT2D eigenvalue weighted by Crippen LogP contribution is 2.31. The Morgan fingerprint density at radius 2 is 1.89 bits per heavy atom. The number of nitro benzene ring substituents is 1. The molecule has 1 N–H and O–H groups in total. The van der Waals surface area contributed by atoms with Gasteiger partial charge in [-0.2, -0.15) is 0 Å². The van der Waals surface area contributed by atoms with Gasteiger partial charge in [-0.3, -0.25) is 29.4 Å². The summed E-state index contributed by atoms with van der Waals surface area (Å²) in [6.45, 7) is -1.24. The van der Waals surface area contributed by atoms with Gasteiger partial charge in [-0.05, 0) is 18.2 Å². The summed E-state index contributed by atoms with van der Waals surface area (Å²) in [6, 6.07) is 12.3. The van der Waals surface area contributed by atoms with E-state index in [9.17, 15) is 24.5 Å². The largest absolute Gasteiger partial charge is 0.482 e. The zero-order chi connectivity index (χ0) is 20.1. The topological polar surface area (TPSA) is 128 Å². The van der Waals surface area contributed by atoms with Crippen LogP contribution in [0.2, 0.25) is 0 Å². The number of carbonyl (C=O) groups excluding carboxylic acids is 3. The minimum absolute atomic E-state index is 0.00849. The van der Waals surface area contributed by atoms with Gasteiger partial charge in [0.15, 0.2) is 13.2 Å². The molecule has 0 aromatic heterocycles. The van der Waals surface area contributed by atoms with Gasteiger partial charge >= 0.3 is 5.97 Å². The van der Waals surface area contributed by atoms with E-state index in [1.54, 1.807) is 24.3 Å². The number of amides is 2. The number of anilines is 2. The normalized spacial score (nSPS) is 12.6. The third kappa shape index (κ3) is 4.23. The Hall–Kier alpha value is -3.95. The van der Waals surface area contributed by atoms with Gasteiger partial charge in [-0.25, -0.2) is 0 Å². The molecule has 1 aliphatic rings. The Morgan fingerprint density at radius 1 is 1.18 bits per heavy atom. The molecule has 0 saturated heterocycles. The second-order valence-corrected chi connectivity index (χ2v) is 5.72. The lowest BCUT2D eigenvalue weighted by molar-refractivity contribution is -0.383. The van der Waals surface area contributed by atoms with Crippen molar-refractivity contribution in [3.05, 3.63) is 58.6 Å². The van der Waals surface area contributed by atoms with E-state index < -0.39 is 35.9 Å². The van der Waals surface area contributed by atoms with E-state index in [1.165, 1.54) is 29.2 Å². The average molecular weight is 385 g/mol. The second-order valence-electron chi connectivity index (χ2n) is 5.72. The van der Waals surface area contributed by atoms with E-state index in [1.807, 2.05) is 0 Å². The fraction of sp³-hybridized carbons (Fsp3) is 0.167. The number of hydrogen-bond acceptors (Lipinski definition) is 7. The summed E-state index contributed by atoms with van der Waals surface area (Å²) in [6.07, 6.45) is 0. The monoisotopic (exact) mass is 385 g/mol. The maximum absolute atomic E-state index is 12.1. The minimum atomic E-state index is -0.803. The second kappa shape index (κ2) is 8.16. The first-order valence-electron chi connectivity index (χ1n) is 8.17. The van der Waals surface area contributed by atoms with Crippen molar-refractivity contribution in [2.45, 2.75) is 0 Å². The number of fused-ring (bicyclic) bond motifs is 1.